The Hall–Kier alpha value is -4.40. The zero-order chi connectivity index (χ0) is 40.6. The molecule has 0 spiro atoms. The average Bonchev–Trinajstić information content (AvgIpc) is 3.67. The van der Waals surface area contributed by atoms with Crippen molar-refractivity contribution in [2.45, 2.75) is 35.7 Å². The second-order valence-electron chi connectivity index (χ2n) is 15.4. The molecule has 2 saturated heterocycles. The zero-order valence-corrected chi connectivity index (χ0v) is 35.5. The third-order valence-electron chi connectivity index (χ3n) is 11.5. The summed E-state index contributed by atoms with van der Waals surface area (Å²) in [7, 11) is -4.00. The first-order valence-corrected chi connectivity index (χ1v) is 23.2. The number of thioether (sulfide) groups is 1. The molecular weight excluding hydrogens is 800 g/mol. The van der Waals surface area contributed by atoms with Gasteiger partial charge in [-0.25, -0.2) is 8.42 Å². The van der Waals surface area contributed by atoms with E-state index in [4.69, 9.17) is 16.3 Å². The predicted octanol–water partition coefficient (Wildman–Crippen LogP) is 8.04. The minimum absolute atomic E-state index is 0.0581. The molecular formula is C46H51ClN6O4S2. The van der Waals surface area contributed by atoms with Gasteiger partial charge in [0.05, 0.1) is 30.3 Å². The van der Waals surface area contributed by atoms with Crippen LogP contribution in [0.2, 0.25) is 5.02 Å². The van der Waals surface area contributed by atoms with E-state index in [1.165, 1.54) is 27.7 Å². The van der Waals surface area contributed by atoms with Gasteiger partial charge < -0.3 is 9.64 Å². The molecule has 0 radical (unpaired) electrons. The molecule has 0 saturated carbocycles. The van der Waals surface area contributed by atoms with E-state index < -0.39 is 10.0 Å². The topological polar surface area (TPSA) is 110 Å². The van der Waals surface area contributed by atoms with E-state index in [9.17, 15) is 13.6 Å². The summed E-state index contributed by atoms with van der Waals surface area (Å²) in [6, 6.07) is 38.1. The summed E-state index contributed by atoms with van der Waals surface area (Å²) in [6.45, 7) is 9.25. The van der Waals surface area contributed by atoms with Crippen molar-refractivity contribution in [2.75, 3.05) is 75.2 Å². The van der Waals surface area contributed by atoms with E-state index >= 15 is 0 Å². The van der Waals surface area contributed by atoms with Crippen LogP contribution in [-0.4, -0.2) is 94.0 Å². The van der Waals surface area contributed by atoms with Gasteiger partial charge in [0, 0.05) is 72.7 Å². The molecule has 2 fully saturated rings. The third-order valence-corrected chi connectivity index (χ3v) is 14.3. The van der Waals surface area contributed by atoms with Crippen molar-refractivity contribution in [2.24, 2.45) is 10.9 Å². The van der Waals surface area contributed by atoms with E-state index in [0.29, 0.717) is 30.4 Å². The van der Waals surface area contributed by atoms with Gasteiger partial charge in [-0.05, 0) is 108 Å². The molecule has 308 valence electrons. The highest BCUT2D eigenvalue weighted by atomic mass is 35.5. The first-order chi connectivity index (χ1) is 28.8. The van der Waals surface area contributed by atoms with Crippen LogP contribution in [0.25, 0.3) is 11.1 Å². The molecule has 3 aliphatic rings. The summed E-state index contributed by atoms with van der Waals surface area (Å²) >= 11 is 7.98. The summed E-state index contributed by atoms with van der Waals surface area (Å²) in [4.78, 5) is 13.2. The van der Waals surface area contributed by atoms with Crippen LogP contribution in [-0.2, 0) is 34.3 Å². The lowest BCUT2D eigenvalue weighted by Gasteiger charge is -2.36. The average molecular weight is 852 g/mol. The molecule has 0 unspecified atom stereocenters. The lowest BCUT2D eigenvalue weighted by molar-refractivity contribution is 0.0358. The second-order valence-corrected chi connectivity index (χ2v) is 18.6. The van der Waals surface area contributed by atoms with Gasteiger partial charge in [0.25, 0.3) is 10.0 Å². The number of aliphatic imine (C=N–C) groups is 1. The van der Waals surface area contributed by atoms with Crippen LogP contribution in [0.3, 0.4) is 0 Å². The van der Waals surface area contributed by atoms with Gasteiger partial charge in [0.1, 0.15) is 5.84 Å². The Morgan fingerprint density at radius 2 is 1.56 bits per heavy atom. The fourth-order valence-electron chi connectivity index (χ4n) is 8.12. The number of sulfonamides is 1. The van der Waals surface area contributed by atoms with E-state index in [0.717, 1.165) is 105 Å². The number of hydrogen-bond donors (Lipinski definition) is 3. The van der Waals surface area contributed by atoms with Gasteiger partial charge in [-0.15, -0.1) is 11.8 Å². The zero-order valence-electron chi connectivity index (χ0n) is 33.1. The van der Waals surface area contributed by atoms with E-state index in [1.54, 1.807) is 6.07 Å². The largest absolute Gasteiger partial charge is 0.379 e. The van der Waals surface area contributed by atoms with Gasteiger partial charge >= 0.3 is 0 Å². The summed E-state index contributed by atoms with van der Waals surface area (Å²) < 4.78 is 35.9. The van der Waals surface area contributed by atoms with E-state index in [-0.39, 0.29) is 4.90 Å². The molecule has 5 aromatic rings. The summed E-state index contributed by atoms with van der Waals surface area (Å²) in [5.41, 5.74) is 10.1. The number of halogens is 1. The maximum absolute atomic E-state index is 13.8. The van der Waals surface area contributed by atoms with Gasteiger partial charge in [0.15, 0.2) is 0 Å². The summed E-state index contributed by atoms with van der Waals surface area (Å²) in [6.07, 6.45) is 1.67. The molecule has 5 aromatic carbocycles. The van der Waals surface area contributed by atoms with Crippen LogP contribution in [0.1, 0.15) is 28.7 Å². The van der Waals surface area contributed by atoms with Crippen LogP contribution in [0.4, 0.5) is 11.4 Å². The molecule has 0 bridgehead atoms. The minimum atomic E-state index is -4.00. The normalized spacial score (nSPS) is 16.7. The maximum atomic E-state index is 13.8. The number of fused-ring (bicyclic) bond motifs is 1. The van der Waals surface area contributed by atoms with E-state index in [1.807, 2.05) is 54.2 Å². The molecule has 3 heterocycles. The molecule has 3 N–H and O–H groups in total. The highest BCUT2D eigenvalue weighted by Crippen LogP contribution is 2.31. The minimum Gasteiger partial charge on any atom is -0.379 e. The van der Waals surface area contributed by atoms with Crippen LogP contribution >= 0.6 is 23.4 Å². The smallest absolute Gasteiger partial charge is 0.263 e. The standard InChI is InChI=1S/C46H51ClN6O4S2/c47-39-13-10-35(11-14-39)43-9-5-4-6-37(43)32-52-20-22-53(23-21-52)40-15-17-44-38(29-40)31-48-46(44)50-59(55,56)42-16-12-36(45(30-42)49-54)28-34(18-19-51-24-26-57-27-25-51)33-58-41-7-2-1-3-8-41/h1-17,29-30,34,49,54H,18-28,31-33H2,(H,48,50)/t34-/m0/s1. The lowest BCUT2D eigenvalue weighted by atomic mass is 9.96. The first-order valence-electron chi connectivity index (χ1n) is 20.3. The maximum Gasteiger partial charge on any atom is 0.263 e. The van der Waals surface area contributed by atoms with Crippen molar-refractivity contribution in [1.29, 1.82) is 0 Å². The molecule has 10 nitrogen and oxygen atoms in total. The molecule has 1 atom stereocenters. The fourth-order valence-corrected chi connectivity index (χ4v) is 10.4. The molecule has 0 aromatic heterocycles. The molecule has 3 aliphatic heterocycles. The Labute approximate surface area is 357 Å². The highest BCUT2D eigenvalue weighted by Gasteiger charge is 2.26. The van der Waals surface area contributed by atoms with Crippen LogP contribution in [0.15, 0.2) is 130 Å². The molecule has 13 heteroatoms. The van der Waals surface area contributed by atoms with Gasteiger partial charge in [-0.1, -0.05) is 72.3 Å². The second kappa shape index (κ2) is 19.3. The van der Waals surface area contributed by atoms with Crippen LogP contribution in [0.5, 0.6) is 0 Å². The summed E-state index contributed by atoms with van der Waals surface area (Å²) in [5.74, 6) is 1.54. The van der Waals surface area contributed by atoms with Crippen LogP contribution < -0.4 is 15.1 Å². The Morgan fingerprint density at radius 1 is 0.797 bits per heavy atom. The highest BCUT2D eigenvalue weighted by molar-refractivity contribution is 7.99. The van der Waals surface area contributed by atoms with Crippen molar-refractivity contribution in [1.82, 2.24) is 14.5 Å². The molecule has 8 rings (SSSR count). The van der Waals surface area contributed by atoms with Crippen molar-refractivity contribution < 1.29 is 18.4 Å². The van der Waals surface area contributed by atoms with Crippen molar-refractivity contribution in [3.8, 4) is 11.1 Å². The fraction of sp³-hybridized carbons (Fsp3) is 0.326. The molecule has 0 amide bonds. The number of nitrogens with zero attached hydrogens (tertiary/aromatic N) is 4. The number of anilines is 2. The van der Waals surface area contributed by atoms with Gasteiger partial charge in [-0.3, -0.25) is 30.2 Å². The number of ether oxygens (including phenoxy) is 1. The number of benzene rings is 5. The van der Waals surface area contributed by atoms with Gasteiger partial charge in [-0.2, -0.15) is 0 Å². The SMILES string of the molecule is O=S(=O)(NC1=NCc2cc(N3CCN(Cc4ccccc4-c4ccc(Cl)cc4)CC3)ccc21)c1ccc(C[C@H](CCN2CCOCC2)CSc2ccccc2)c(NO)c1. The number of nitrogens with one attached hydrogen (secondary N) is 2. The van der Waals surface area contributed by atoms with Crippen molar-refractivity contribution in [3.05, 3.63) is 143 Å². The Balaban J connectivity index is 0.885. The number of amidine groups is 1. The number of hydrogen-bond acceptors (Lipinski definition) is 10. The lowest BCUT2D eigenvalue weighted by Crippen LogP contribution is -2.46. The predicted molar refractivity (Wildman–Crippen MR) is 239 cm³/mol. The Morgan fingerprint density at radius 3 is 2.34 bits per heavy atom. The third kappa shape index (κ3) is 10.5. The quantitative estimate of drug-likeness (QED) is 0.0713. The first kappa shape index (κ1) is 41.3. The van der Waals surface area contributed by atoms with Crippen LogP contribution in [0, 0.1) is 5.92 Å². The van der Waals surface area contributed by atoms with Crippen molar-refractivity contribution >= 4 is 50.6 Å². The summed E-state index contributed by atoms with van der Waals surface area (Å²) in [5, 5.41) is 11.0. The Bertz CT molecular complexity index is 2330. The number of piperazine rings is 1. The number of morpholine rings is 1. The number of rotatable bonds is 15. The molecule has 59 heavy (non-hydrogen) atoms. The molecule has 0 aliphatic carbocycles. The van der Waals surface area contributed by atoms with Crippen molar-refractivity contribution in [3.63, 3.8) is 0 Å². The van der Waals surface area contributed by atoms with Gasteiger partial charge in [0.2, 0.25) is 0 Å². The van der Waals surface area contributed by atoms with E-state index in [2.05, 4.69) is 90.6 Å². The Kier molecular flexibility index (Phi) is 13.5. The monoisotopic (exact) mass is 850 g/mol.